The van der Waals surface area contributed by atoms with E-state index in [1.807, 2.05) is 18.2 Å². The lowest BCUT2D eigenvalue weighted by atomic mass is 9.93. The first-order chi connectivity index (χ1) is 10.7. The fourth-order valence-electron chi connectivity index (χ4n) is 2.87. The molecule has 5 heteroatoms. The number of para-hydroxylation sites is 1. The van der Waals surface area contributed by atoms with Crippen LogP contribution in [0.1, 0.15) is 5.56 Å². The second kappa shape index (κ2) is 6.47. The molecule has 1 aliphatic rings. The Morgan fingerprint density at radius 3 is 2.95 bits per heavy atom. The molecule has 1 aromatic carbocycles. The van der Waals surface area contributed by atoms with E-state index >= 15 is 0 Å². The van der Waals surface area contributed by atoms with Gasteiger partial charge in [0.25, 0.3) is 0 Å². The summed E-state index contributed by atoms with van der Waals surface area (Å²) in [6, 6.07) is 14.2. The second-order valence-corrected chi connectivity index (χ2v) is 5.65. The van der Waals surface area contributed by atoms with Crippen LogP contribution in [-0.4, -0.2) is 31.1 Å². The third-order valence-corrected chi connectivity index (χ3v) is 3.88. The molecular weight excluding hydrogens is 274 g/mol. The minimum atomic E-state index is 0.417. The number of fused-ring (bicyclic) bond motifs is 1. The molecule has 0 saturated carbocycles. The van der Waals surface area contributed by atoms with Crippen LogP contribution in [0.3, 0.4) is 0 Å². The van der Waals surface area contributed by atoms with Gasteiger partial charge in [0, 0.05) is 37.9 Å². The summed E-state index contributed by atoms with van der Waals surface area (Å²) in [6.45, 7) is 1.71. The van der Waals surface area contributed by atoms with E-state index in [4.69, 9.17) is 5.73 Å². The predicted molar refractivity (Wildman–Crippen MR) is 91.3 cm³/mol. The number of anilines is 2. The van der Waals surface area contributed by atoms with Crippen molar-refractivity contribution in [1.82, 2.24) is 4.98 Å². The van der Waals surface area contributed by atoms with Crippen molar-refractivity contribution in [3.8, 4) is 0 Å². The number of benzene rings is 1. The van der Waals surface area contributed by atoms with Gasteiger partial charge in [-0.3, -0.25) is 4.99 Å². The van der Waals surface area contributed by atoms with Crippen LogP contribution in [0, 0.1) is 5.92 Å². The monoisotopic (exact) mass is 295 g/mol. The summed E-state index contributed by atoms with van der Waals surface area (Å²) in [5.74, 6) is 1.61. The van der Waals surface area contributed by atoms with Gasteiger partial charge in [0.1, 0.15) is 5.82 Å². The van der Waals surface area contributed by atoms with Crippen LogP contribution in [-0.2, 0) is 6.42 Å². The fraction of sp³-hybridized carbons (Fsp3) is 0.294. The highest BCUT2D eigenvalue weighted by molar-refractivity contribution is 5.91. The summed E-state index contributed by atoms with van der Waals surface area (Å²) in [4.78, 5) is 10.9. The molecule has 0 aliphatic carbocycles. The Hall–Kier alpha value is -2.56. The van der Waals surface area contributed by atoms with Crippen molar-refractivity contribution in [1.29, 1.82) is 0 Å². The van der Waals surface area contributed by atoms with Crippen molar-refractivity contribution in [2.24, 2.45) is 16.6 Å². The first-order valence-electron chi connectivity index (χ1n) is 7.49. The van der Waals surface area contributed by atoms with Crippen LogP contribution in [0.2, 0.25) is 0 Å². The second-order valence-electron chi connectivity index (χ2n) is 5.65. The quantitative estimate of drug-likeness (QED) is 0.672. The highest BCUT2D eigenvalue weighted by Gasteiger charge is 2.21. The molecule has 2 heterocycles. The molecule has 0 spiro atoms. The third-order valence-electron chi connectivity index (χ3n) is 3.88. The normalized spacial score (nSPS) is 18.0. The molecule has 0 bridgehead atoms. The van der Waals surface area contributed by atoms with Gasteiger partial charge in [-0.2, -0.15) is 0 Å². The Morgan fingerprint density at radius 1 is 1.32 bits per heavy atom. The molecule has 1 atom stereocenters. The fourth-order valence-corrected chi connectivity index (χ4v) is 2.87. The molecular formula is C17H21N5. The zero-order valence-corrected chi connectivity index (χ0v) is 12.7. The molecule has 0 saturated heterocycles. The molecule has 0 radical (unpaired) electrons. The van der Waals surface area contributed by atoms with Crippen LogP contribution >= 0.6 is 0 Å². The van der Waals surface area contributed by atoms with Crippen LogP contribution in [0.15, 0.2) is 53.7 Å². The summed E-state index contributed by atoms with van der Waals surface area (Å²) < 4.78 is 0. The number of nitrogens with zero attached hydrogens (tertiary/aromatic N) is 3. The molecule has 0 fully saturated rings. The predicted octanol–water partition coefficient (Wildman–Crippen LogP) is 2.12. The van der Waals surface area contributed by atoms with Crippen molar-refractivity contribution in [2.45, 2.75) is 6.42 Å². The van der Waals surface area contributed by atoms with E-state index in [2.05, 4.69) is 51.5 Å². The number of nitrogens with one attached hydrogen (secondary N) is 1. The topological polar surface area (TPSA) is 66.5 Å². The number of guanidine groups is 1. The molecule has 1 aliphatic heterocycles. The number of nitrogens with two attached hydrogens (primary N) is 1. The van der Waals surface area contributed by atoms with Gasteiger partial charge in [-0.25, -0.2) is 4.98 Å². The largest absolute Gasteiger partial charge is 0.374 e. The Morgan fingerprint density at radius 2 is 2.14 bits per heavy atom. The molecule has 1 unspecified atom stereocenters. The number of hydrogen-bond donors (Lipinski definition) is 2. The van der Waals surface area contributed by atoms with Crippen molar-refractivity contribution in [2.75, 3.05) is 30.4 Å². The number of aromatic nitrogens is 1. The molecule has 22 heavy (non-hydrogen) atoms. The SMILES string of the molecule is CN1CC(CN=C(N)Nc2ccccn2)Cc2ccccc21. The number of pyridine rings is 1. The summed E-state index contributed by atoms with van der Waals surface area (Å²) >= 11 is 0. The van der Waals surface area contributed by atoms with Crippen LogP contribution in [0.25, 0.3) is 0 Å². The smallest absolute Gasteiger partial charge is 0.194 e. The Balaban J connectivity index is 1.61. The number of rotatable bonds is 3. The van der Waals surface area contributed by atoms with Gasteiger partial charge in [0.2, 0.25) is 0 Å². The summed E-state index contributed by atoms with van der Waals surface area (Å²) in [6.07, 6.45) is 2.77. The number of aliphatic imine (C=N–C) groups is 1. The van der Waals surface area contributed by atoms with Crippen molar-refractivity contribution in [3.05, 3.63) is 54.2 Å². The first-order valence-corrected chi connectivity index (χ1v) is 7.49. The Kier molecular flexibility index (Phi) is 4.23. The number of hydrogen-bond acceptors (Lipinski definition) is 3. The van der Waals surface area contributed by atoms with E-state index < -0.39 is 0 Å². The highest BCUT2D eigenvalue weighted by Crippen LogP contribution is 2.28. The Bertz CT molecular complexity index is 653. The molecule has 1 aromatic heterocycles. The van der Waals surface area contributed by atoms with Crippen molar-refractivity contribution in [3.63, 3.8) is 0 Å². The third kappa shape index (κ3) is 3.36. The average molecular weight is 295 g/mol. The van der Waals surface area contributed by atoms with Gasteiger partial charge in [-0.1, -0.05) is 24.3 Å². The molecule has 3 rings (SSSR count). The molecule has 2 aromatic rings. The highest BCUT2D eigenvalue weighted by atomic mass is 15.1. The van der Waals surface area contributed by atoms with Gasteiger partial charge in [0.05, 0.1) is 0 Å². The van der Waals surface area contributed by atoms with Crippen LogP contribution < -0.4 is 16.0 Å². The summed E-state index contributed by atoms with van der Waals surface area (Å²) in [5, 5.41) is 3.01. The lowest BCUT2D eigenvalue weighted by Gasteiger charge is -2.32. The zero-order valence-electron chi connectivity index (χ0n) is 12.7. The molecule has 0 amide bonds. The van der Waals surface area contributed by atoms with Gasteiger partial charge in [0.15, 0.2) is 5.96 Å². The lowest BCUT2D eigenvalue weighted by molar-refractivity contribution is 0.515. The minimum absolute atomic E-state index is 0.417. The van der Waals surface area contributed by atoms with E-state index in [-0.39, 0.29) is 0 Å². The summed E-state index contributed by atoms with van der Waals surface area (Å²) in [5.41, 5.74) is 8.64. The molecule has 5 nitrogen and oxygen atoms in total. The van der Waals surface area contributed by atoms with Crippen LogP contribution in [0.4, 0.5) is 11.5 Å². The van der Waals surface area contributed by atoms with E-state index in [9.17, 15) is 0 Å². The molecule has 3 N–H and O–H groups in total. The van der Waals surface area contributed by atoms with E-state index in [0.29, 0.717) is 18.4 Å². The lowest BCUT2D eigenvalue weighted by Crippen LogP contribution is -2.34. The zero-order chi connectivity index (χ0) is 15.4. The molecule has 114 valence electrons. The Labute approximate surface area is 130 Å². The van der Waals surface area contributed by atoms with Gasteiger partial charge >= 0.3 is 0 Å². The first kappa shape index (κ1) is 14.4. The van der Waals surface area contributed by atoms with Crippen molar-refractivity contribution < 1.29 is 0 Å². The van der Waals surface area contributed by atoms with E-state index in [1.165, 1.54) is 11.3 Å². The average Bonchev–Trinajstić information content (AvgIpc) is 2.54. The standard InChI is InChI=1S/C17H21N5/c1-22-12-13(10-14-6-2-3-7-15(14)22)11-20-17(18)21-16-8-4-5-9-19-16/h2-9,13H,10-12H2,1H3,(H3,18,19,20,21). The maximum absolute atomic E-state index is 5.94. The maximum atomic E-state index is 5.94. The van der Waals surface area contributed by atoms with Crippen LogP contribution in [0.5, 0.6) is 0 Å². The van der Waals surface area contributed by atoms with Gasteiger partial charge < -0.3 is 16.0 Å². The maximum Gasteiger partial charge on any atom is 0.194 e. The van der Waals surface area contributed by atoms with Crippen molar-refractivity contribution >= 4 is 17.5 Å². The van der Waals surface area contributed by atoms with E-state index in [1.54, 1.807) is 6.20 Å². The van der Waals surface area contributed by atoms with Gasteiger partial charge in [-0.05, 0) is 30.2 Å². The summed E-state index contributed by atoms with van der Waals surface area (Å²) in [7, 11) is 2.13. The van der Waals surface area contributed by atoms with Gasteiger partial charge in [-0.15, -0.1) is 0 Å². The minimum Gasteiger partial charge on any atom is -0.374 e. The van der Waals surface area contributed by atoms with E-state index in [0.717, 1.165) is 18.8 Å².